The van der Waals surface area contributed by atoms with Gasteiger partial charge in [-0.2, -0.15) is 18.3 Å². The van der Waals surface area contributed by atoms with Crippen LogP contribution in [0.5, 0.6) is 0 Å². The van der Waals surface area contributed by atoms with Crippen molar-refractivity contribution in [2.24, 2.45) is 0 Å². The van der Waals surface area contributed by atoms with E-state index in [0.29, 0.717) is 23.9 Å². The Kier molecular flexibility index (Phi) is 4.50. The van der Waals surface area contributed by atoms with Crippen LogP contribution in [0.4, 0.5) is 13.2 Å². The van der Waals surface area contributed by atoms with Gasteiger partial charge in [0, 0.05) is 19.3 Å². The van der Waals surface area contributed by atoms with Crippen LogP contribution in [-0.4, -0.2) is 42.3 Å². The Morgan fingerprint density at radius 1 is 1.07 bits per heavy atom. The summed E-state index contributed by atoms with van der Waals surface area (Å²) in [5.41, 5.74) is -0.586. The van der Waals surface area contributed by atoms with Gasteiger partial charge < -0.3 is 9.47 Å². The number of carbonyl (C=O) groups is 1. The number of fused-ring (bicyclic) bond motifs is 1. The zero-order chi connectivity index (χ0) is 19.9. The third kappa shape index (κ3) is 3.19. The lowest BCUT2D eigenvalue weighted by atomic mass is 10.1. The summed E-state index contributed by atoms with van der Waals surface area (Å²) < 4.78 is 41.0. The Balaban J connectivity index is 1.61. The Morgan fingerprint density at radius 2 is 1.89 bits per heavy atom. The molecule has 7 nitrogen and oxygen atoms in total. The number of halogens is 4. The second kappa shape index (κ2) is 6.86. The van der Waals surface area contributed by atoms with E-state index >= 15 is 0 Å². The molecule has 0 saturated carbocycles. The van der Waals surface area contributed by atoms with Crippen molar-refractivity contribution in [1.82, 2.24) is 29.9 Å². The second-order valence-electron chi connectivity index (χ2n) is 6.11. The molecule has 4 rings (SSSR count). The van der Waals surface area contributed by atoms with Crippen LogP contribution in [0.2, 0.25) is 5.02 Å². The van der Waals surface area contributed by atoms with E-state index in [-0.39, 0.29) is 18.7 Å². The van der Waals surface area contributed by atoms with Crippen molar-refractivity contribution >= 4 is 5.91 Å². The van der Waals surface area contributed by atoms with Crippen LogP contribution in [0.25, 0.3) is 11.5 Å². The summed E-state index contributed by atoms with van der Waals surface area (Å²) in [4.78, 5) is 14.2. The highest BCUT2D eigenvalue weighted by Crippen LogP contribution is 2.34. The fourth-order valence-corrected chi connectivity index (χ4v) is 3.38. The molecule has 1 aliphatic heterocycles. The first-order valence-corrected chi connectivity index (χ1v) is 8.63. The molecular weight excluding hydrogens is 397 g/mol. The molecule has 0 spiro atoms. The second-order valence-corrected chi connectivity index (χ2v) is 6.52. The third-order valence-electron chi connectivity index (χ3n) is 4.39. The normalized spacial score (nSPS) is 14.1. The van der Waals surface area contributed by atoms with Crippen LogP contribution in [-0.2, 0) is 19.3 Å². The Labute approximate surface area is 161 Å². The lowest BCUT2D eigenvalue weighted by Crippen LogP contribution is -2.39. The van der Waals surface area contributed by atoms with Gasteiger partial charge in [0.1, 0.15) is 16.8 Å². The largest absolute Gasteiger partial charge is 0.421 e. The van der Waals surface area contributed by atoms with Crippen LogP contribution in [0.15, 0.2) is 36.5 Å². The molecule has 1 aliphatic rings. The predicted molar refractivity (Wildman–Crippen MR) is 87.8 cm³/mol. The summed E-state index contributed by atoms with van der Waals surface area (Å²) in [6, 6.07) is 6.84. The minimum absolute atomic E-state index is 0.108. The van der Waals surface area contributed by atoms with Crippen LogP contribution in [0, 0.1) is 11.6 Å². The standard InChI is InChI=1S/C17H13ClF3N6O/c18-14-10(3-1-4-11(14)17(19,20)21)16(28)26-7-8-27-13(9-26)24-25-15(27)12-5-2-6-22-23-12/h1-6,18H,7-9H2/q+1. The maximum Gasteiger partial charge on any atom is 0.421 e. The zero-order valence-corrected chi connectivity index (χ0v) is 15.0. The summed E-state index contributed by atoms with van der Waals surface area (Å²) in [7, 11) is 0. The van der Waals surface area contributed by atoms with Crippen molar-refractivity contribution in [3.8, 4) is 11.5 Å². The van der Waals surface area contributed by atoms with Gasteiger partial charge in [-0.3, -0.25) is 4.79 Å². The SMILES string of the molecule is O=C(c1cccc(C(F)(F)F)c1[ClH+])N1CCn2c(nnc2-c2cccnn2)C1. The highest BCUT2D eigenvalue weighted by Gasteiger charge is 2.39. The van der Waals surface area contributed by atoms with Gasteiger partial charge >= 0.3 is 6.18 Å². The van der Waals surface area contributed by atoms with E-state index in [2.05, 4.69) is 20.4 Å². The fourth-order valence-electron chi connectivity index (χ4n) is 3.04. The summed E-state index contributed by atoms with van der Waals surface area (Å²) in [5.74, 6) is 0.475. The Morgan fingerprint density at radius 3 is 2.61 bits per heavy atom. The molecule has 1 amide bonds. The highest BCUT2D eigenvalue weighted by atomic mass is 35.5. The zero-order valence-electron chi connectivity index (χ0n) is 14.2. The summed E-state index contributed by atoms with van der Waals surface area (Å²) >= 11 is 4.92. The molecule has 0 unspecified atom stereocenters. The molecule has 0 fully saturated rings. The van der Waals surface area contributed by atoms with E-state index in [1.54, 1.807) is 18.3 Å². The average Bonchev–Trinajstić information content (AvgIpc) is 3.10. The number of amides is 1. The number of nitrogens with zero attached hydrogens (tertiary/aromatic N) is 6. The number of aromatic nitrogens is 5. The Hall–Kier alpha value is -3.01. The molecule has 144 valence electrons. The van der Waals surface area contributed by atoms with Gasteiger partial charge in [-0.25, -0.2) is 0 Å². The van der Waals surface area contributed by atoms with Gasteiger partial charge in [-0.05, 0) is 24.3 Å². The first-order valence-electron chi connectivity index (χ1n) is 8.23. The van der Waals surface area contributed by atoms with Gasteiger partial charge in [-0.1, -0.05) is 6.07 Å². The molecule has 1 aromatic carbocycles. The monoisotopic (exact) mass is 409 g/mol. The van der Waals surface area contributed by atoms with Gasteiger partial charge in [0.15, 0.2) is 23.2 Å². The van der Waals surface area contributed by atoms with E-state index in [4.69, 9.17) is 11.6 Å². The minimum atomic E-state index is -4.61. The predicted octanol–water partition coefficient (Wildman–Crippen LogP) is 2.11. The number of alkyl halides is 3. The first-order chi connectivity index (χ1) is 13.4. The number of carbonyl (C=O) groups excluding carboxylic acids is 1. The molecule has 0 bridgehead atoms. The Bertz CT molecular complexity index is 1040. The molecule has 28 heavy (non-hydrogen) atoms. The maximum absolute atomic E-state index is 13.1. The smallest absolute Gasteiger partial charge is 0.329 e. The van der Waals surface area contributed by atoms with E-state index < -0.39 is 22.7 Å². The van der Waals surface area contributed by atoms with Crippen LogP contribution in [0.1, 0.15) is 21.7 Å². The minimum Gasteiger partial charge on any atom is -0.329 e. The van der Waals surface area contributed by atoms with Gasteiger partial charge in [0.25, 0.3) is 10.9 Å². The number of hydrogen-bond acceptors (Lipinski definition) is 5. The molecule has 11 heteroatoms. The first kappa shape index (κ1) is 18.4. The summed E-state index contributed by atoms with van der Waals surface area (Å²) in [5, 5.41) is 15.5. The van der Waals surface area contributed by atoms with Gasteiger partial charge in [0.05, 0.1) is 6.54 Å². The molecule has 0 radical (unpaired) electrons. The molecule has 0 aliphatic carbocycles. The van der Waals surface area contributed by atoms with Crippen molar-refractivity contribution in [2.75, 3.05) is 6.54 Å². The highest BCUT2D eigenvalue weighted by molar-refractivity contribution is 5.95. The molecular formula is C17H13ClF3N6O+. The third-order valence-corrected chi connectivity index (χ3v) is 4.83. The fraction of sp³-hybridized carbons (Fsp3) is 0.235. The van der Waals surface area contributed by atoms with Crippen LogP contribution >= 0.6 is 0 Å². The van der Waals surface area contributed by atoms with Crippen LogP contribution in [0.3, 0.4) is 0 Å². The lowest BCUT2D eigenvalue weighted by Gasteiger charge is -2.27. The maximum atomic E-state index is 13.1. The number of rotatable bonds is 2. The molecule has 2 aromatic heterocycles. The van der Waals surface area contributed by atoms with Crippen LogP contribution < -0.4 is 0 Å². The van der Waals surface area contributed by atoms with Crippen molar-refractivity contribution < 1.29 is 29.6 Å². The number of hydrogen-bond donors (Lipinski definition) is 0. The van der Waals surface area contributed by atoms with Gasteiger partial charge in [0.2, 0.25) is 0 Å². The van der Waals surface area contributed by atoms with Crippen molar-refractivity contribution in [1.29, 1.82) is 0 Å². The van der Waals surface area contributed by atoms with Crippen molar-refractivity contribution in [3.05, 3.63) is 58.5 Å². The molecule has 0 saturated heterocycles. The molecule has 0 atom stereocenters. The van der Waals surface area contributed by atoms with Gasteiger partial charge in [-0.15, -0.1) is 15.3 Å². The van der Waals surface area contributed by atoms with Crippen molar-refractivity contribution in [3.63, 3.8) is 0 Å². The van der Waals surface area contributed by atoms with E-state index in [9.17, 15) is 18.0 Å². The molecule has 0 N–H and O–H groups in total. The molecule has 3 aromatic rings. The summed E-state index contributed by atoms with van der Waals surface area (Å²) in [6.07, 6.45) is -3.07. The van der Waals surface area contributed by atoms with E-state index in [0.717, 1.165) is 6.07 Å². The van der Waals surface area contributed by atoms with E-state index in [1.807, 2.05) is 4.57 Å². The quantitative estimate of drug-likeness (QED) is 0.648. The van der Waals surface area contributed by atoms with E-state index in [1.165, 1.54) is 17.0 Å². The topological polar surface area (TPSA) is 76.8 Å². The number of benzene rings is 1. The van der Waals surface area contributed by atoms with Crippen molar-refractivity contribution in [2.45, 2.75) is 19.3 Å². The average molecular weight is 410 g/mol. The molecule has 3 heterocycles. The lowest BCUT2D eigenvalue weighted by molar-refractivity contribution is -0.297. The summed E-state index contributed by atoms with van der Waals surface area (Å²) in [6.45, 7) is 0.769.